The Morgan fingerprint density at radius 2 is 2.32 bits per heavy atom. The van der Waals surface area contributed by atoms with Gasteiger partial charge in [-0.3, -0.25) is 4.79 Å². The van der Waals surface area contributed by atoms with Crippen molar-refractivity contribution in [2.24, 2.45) is 5.73 Å². The quantitative estimate of drug-likeness (QED) is 0.854. The van der Waals surface area contributed by atoms with Crippen molar-refractivity contribution in [1.82, 2.24) is 0 Å². The van der Waals surface area contributed by atoms with Crippen molar-refractivity contribution >= 4 is 11.6 Å². The van der Waals surface area contributed by atoms with E-state index >= 15 is 0 Å². The van der Waals surface area contributed by atoms with Crippen molar-refractivity contribution in [1.29, 1.82) is 0 Å². The SMILES string of the molecule is NCCCc1cccc(NC(=O)C2CCCCO2)c1. The highest BCUT2D eigenvalue weighted by molar-refractivity contribution is 5.94. The maximum absolute atomic E-state index is 12.0. The van der Waals surface area contributed by atoms with Gasteiger partial charge in [-0.25, -0.2) is 0 Å². The number of amides is 1. The number of benzene rings is 1. The van der Waals surface area contributed by atoms with Crippen LogP contribution in [0.2, 0.25) is 0 Å². The second kappa shape index (κ2) is 7.26. The van der Waals surface area contributed by atoms with E-state index in [9.17, 15) is 4.79 Å². The number of nitrogens with one attached hydrogen (secondary N) is 1. The molecule has 1 aliphatic heterocycles. The largest absolute Gasteiger partial charge is 0.368 e. The zero-order chi connectivity index (χ0) is 13.5. The summed E-state index contributed by atoms with van der Waals surface area (Å²) in [5.74, 6) is -0.0318. The highest BCUT2D eigenvalue weighted by Gasteiger charge is 2.21. The minimum atomic E-state index is -0.290. The molecule has 2 rings (SSSR count). The lowest BCUT2D eigenvalue weighted by molar-refractivity contribution is -0.129. The molecular weight excluding hydrogens is 240 g/mol. The molecule has 3 N–H and O–H groups in total. The Bertz CT molecular complexity index is 414. The average Bonchev–Trinajstić information content (AvgIpc) is 2.46. The summed E-state index contributed by atoms with van der Waals surface area (Å²) in [7, 11) is 0. The third-order valence-corrected chi connectivity index (χ3v) is 3.34. The van der Waals surface area contributed by atoms with Crippen molar-refractivity contribution in [3.63, 3.8) is 0 Å². The van der Waals surface area contributed by atoms with Gasteiger partial charge in [0.15, 0.2) is 0 Å². The minimum Gasteiger partial charge on any atom is -0.368 e. The molecule has 1 aliphatic rings. The molecule has 1 amide bonds. The van der Waals surface area contributed by atoms with Crippen LogP contribution >= 0.6 is 0 Å². The molecule has 0 radical (unpaired) electrons. The van der Waals surface area contributed by atoms with Gasteiger partial charge in [0.1, 0.15) is 6.10 Å². The molecule has 4 nitrogen and oxygen atoms in total. The Morgan fingerprint density at radius 3 is 3.05 bits per heavy atom. The fourth-order valence-electron chi connectivity index (χ4n) is 2.28. The second-order valence-electron chi connectivity index (χ2n) is 4.94. The minimum absolute atomic E-state index is 0.0318. The molecule has 1 heterocycles. The van der Waals surface area contributed by atoms with Crippen LogP contribution in [0.4, 0.5) is 5.69 Å². The molecule has 104 valence electrons. The van der Waals surface area contributed by atoms with Crippen LogP contribution in [0.15, 0.2) is 24.3 Å². The molecular formula is C15H22N2O2. The number of anilines is 1. The van der Waals surface area contributed by atoms with Gasteiger partial charge in [-0.05, 0) is 56.3 Å². The van der Waals surface area contributed by atoms with E-state index in [0.717, 1.165) is 37.8 Å². The standard InChI is InChI=1S/C15H22N2O2/c16-9-4-6-12-5-3-7-13(11-12)17-15(18)14-8-1-2-10-19-14/h3,5,7,11,14H,1-2,4,6,8-10,16H2,(H,17,18). The third-order valence-electron chi connectivity index (χ3n) is 3.34. The molecule has 0 bridgehead atoms. The van der Waals surface area contributed by atoms with E-state index in [-0.39, 0.29) is 12.0 Å². The molecule has 0 saturated carbocycles. The van der Waals surface area contributed by atoms with Crippen molar-refractivity contribution in [3.8, 4) is 0 Å². The van der Waals surface area contributed by atoms with Crippen molar-refractivity contribution in [3.05, 3.63) is 29.8 Å². The predicted octanol–water partition coefficient (Wildman–Crippen LogP) is 2.09. The van der Waals surface area contributed by atoms with Crippen LogP contribution in [-0.2, 0) is 16.0 Å². The number of nitrogens with two attached hydrogens (primary N) is 1. The zero-order valence-corrected chi connectivity index (χ0v) is 11.2. The van der Waals surface area contributed by atoms with Crippen LogP contribution in [0.3, 0.4) is 0 Å². The number of carbonyl (C=O) groups is 1. The Labute approximate surface area is 114 Å². The highest BCUT2D eigenvalue weighted by atomic mass is 16.5. The van der Waals surface area contributed by atoms with E-state index < -0.39 is 0 Å². The maximum Gasteiger partial charge on any atom is 0.253 e. The number of aryl methyl sites for hydroxylation is 1. The summed E-state index contributed by atoms with van der Waals surface area (Å²) in [5.41, 5.74) is 7.55. The van der Waals surface area contributed by atoms with E-state index in [4.69, 9.17) is 10.5 Å². The van der Waals surface area contributed by atoms with E-state index in [1.807, 2.05) is 18.2 Å². The van der Waals surface area contributed by atoms with E-state index in [0.29, 0.717) is 13.2 Å². The summed E-state index contributed by atoms with van der Waals surface area (Å²) in [6, 6.07) is 7.94. The molecule has 1 aromatic rings. The maximum atomic E-state index is 12.0. The lowest BCUT2D eigenvalue weighted by Crippen LogP contribution is -2.33. The first-order valence-corrected chi connectivity index (χ1v) is 7.01. The summed E-state index contributed by atoms with van der Waals surface area (Å²) in [4.78, 5) is 12.0. The van der Waals surface area contributed by atoms with Gasteiger partial charge in [0.25, 0.3) is 5.91 Å². The second-order valence-corrected chi connectivity index (χ2v) is 4.94. The summed E-state index contributed by atoms with van der Waals surface area (Å²) >= 11 is 0. The summed E-state index contributed by atoms with van der Waals surface area (Å²) in [6.07, 6.45) is 4.55. The van der Waals surface area contributed by atoms with Gasteiger partial charge < -0.3 is 15.8 Å². The average molecular weight is 262 g/mol. The molecule has 0 spiro atoms. The van der Waals surface area contributed by atoms with Gasteiger partial charge in [-0.2, -0.15) is 0 Å². The van der Waals surface area contributed by atoms with Crippen LogP contribution in [0.25, 0.3) is 0 Å². The van der Waals surface area contributed by atoms with Gasteiger partial charge in [0.2, 0.25) is 0 Å². The van der Waals surface area contributed by atoms with Crippen LogP contribution < -0.4 is 11.1 Å². The zero-order valence-electron chi connectivity index (χ0n) is 11.2. The number of rotatable bonds is 5. The number of carbonyl (C=O) groups excluding carboxylic acids is 1. The molecule has 1 aromatic carbocycles. The summed E-state index contributed by atoms with van der Waals surface area (Å²) < 4.78 is 5.48. The van der Waals surface area contributed by atoms with Gasteiger partial charge in [-0.15, -0.1) is 0 Å². The summed E-state index contributed by atoms with van der Waals surface area (Å²) in [5, 5.41) is 2.93. The third kappa shape index (κ3) is 4.33. The lowest BCUT2D eigenvalue weighted by Gasteiger charge is -2.21. The number of hydrogen-bond donors (Lipinski definition) is 2. The molecule has 1 saturated heterocycles. The molecule has 1 atom stereocenters. The molecule has 0 aromatic heterocycles. The Hall–Kier alpha value is -1.39. The predicted molar refractivity (Wildman–Crippen MR) is 76.0 cm³/mol. The van der Waals surface area contributed by atoms with E-state index in [2.05, 4.69) is 11.4 Å². The van der Waals surface area contributed by atoms with Crippen LogP contribution in [0.5, 0.6) is 0 Å². The molecule has 1 fully saturated rings. The fourth-order valence-corrected chi connectivity index (χ4v) is 2.28. The van der Waals surface area contributed by atoms with Gasteiger partial charge in [0, 0.05) is 12.3 Å². The van der Waals surface area contributed by atoms with E-state index in [1.54, 1.807) is 0 Å². The van der Waals surface area contributed by atoms with Crippen LogP contribution in [0.1, 0.15) is 31.2 Å². The lowest BCUT2D eigenvalue weighted by atomic mass is 10.1. The van der Waals surface area contributed by atoms with Gasteiger partial charge in [-0.1, -0.05) is 12.1 Å². The van der Waals surface area contributed by atoms with Crippen LogP contribution in [0, 0.1) is 0 Å². The van der Waals surface area contributed by atoms with Gasteiger partial charge >= 0.3 is 0 Å². The first kappa shape index (κ1) is 14.0. The monoisotopic (exact) mass is 262 g/mol. The Balaban J connectivity index is 1.92. The highest BCUT2D eigenvalue weighted by Crippen LogP contribution is 2.16. The normalized spacial score (nSPS) is 19.1. The van der Waals surface area contributed by atoms with Gasteiger partial charge in [0.05, 0.1) is 0 Å². The first-order chi connectivity index (χ1) is 9.29. The Kier molecular flexibility index (Phi) is 5.36. The molecule has 0 aliphatic carbocycles. The van der Waals surface area contributed by atoms with E-state index in [1.165, 1.54) is 5.56 Å². The first-order valence-electron chi connectivity index (χ1n) is 7.01. The Morgan fingerprint density at radius 1 is 1.42 bits per heavy atom. The molecule has 19 heavy (non-hydrogen) atoms. The van der Waals surface area contributed by atoms with Crippen LogP contribution in [-0.4, -0.2) is 25.2 Å². The molecule has 4 heteroatoms. The number of ether oxygens (including phenoxy) is 1. The summed E-state index contributed by atoms with van der Waals surface area (Å²) in [6.45, 7) is 1.38. The van der Waals surface area contributed by atoms with Crippen molar-refractivity contribution < 1.29 is 9.53 Å². The molecule has 1 unspecified atom stereocenters. The fraction of sp³-hybridized carbons (Fsp3) is 0.533. The topological polar surface area (TPSA) is 64.3 Å². The number of hydrogen-bond acceptors (Lipinski definition) is 3. The smallest absolute Gasteiger partial charge is 0.253 e. The van der Waals surface area contributed by atoms with Crippen molar-refractivity contribution in [2.45, 2.75) is 38.2 Å². The van der Waals surface area contributed by atoms with Crippen molar-refractivity contribution in [2.75, 3.05) is 18.5 Å².